The Kier molecular flexibility index (Phi) is 7.18. The van der Waals surface area contributed by atoms with E-state index in [1.807, 2.05) is 0 Å². The number of nitrogens with one attached hydrogen (secondary N) is 2. The van der Waals surface area contributed by atoms with Crippen molar-refractivity contribution in [1.82, 2.24) is 9.29 Å². The fourth-order valence-electron chi connectivity index (χ4n) is 4.27. The van der Waals surface area contributed by atoms with Crippen LogP contribution in [0, 0.1) is 0 Å². The lowest BCUT2D eigenvalue weighted by Crippen LogP contribution is -2.35. The van der Waals surface area contributed by atoms with E-state index in [4.69, 9.17) is 0 Å². The third-order valence-electron chi connectivity index (χ3n) is 5.93. The molecule has 1 fully saturated rings. The van der Waals surface area contributed by atoms with E-state index in [1.165, 1.54) is 24.3 Å². The second kappa shape index (κ2) is 9.98. The number of hydrogen-bond donors (Lipinski definition) is 2. The highest BCUT2D eigenvalue weighted by molar-refractivity contribution is 7.90. The van der Waals surface area contributed by atoms with Gasteiger partial charge in [-0.05, 0) is 49.7 Å². The second-order valence-corrected chi connectivity index (χ2v) is 10.2. The largest absolute Gasteiger partial charge is 0.416 e. The number of fused-ring (bicyclic) bond motifs is 1. The van der Waals surface area contributed by atoms with E-state index < -0.39 is 39.5 Å². The number of aromatic nitrogens is 1. The van der Waals surface area contributed by atoms with E-state index in [1.54, 1.807) is 12.1 Å². The summed E-state index contributed by atoms with van der Waals surface area (Å²) in [5.41, 5.74) is -0.994. The summed E-state index contributed by atoms with van der Waals surface area (Å²) in [6.07, 6.45) is -2.86. The summed E-state index contributed by atoms with van der Waals surface area (Å²) in [6, 6.07) is 9.51. The van der Waals surface area contributed by atoms with Gasteiger partial charge in [-0.3, -0.25) is 0 Å². The molecule has 1 aromatic heterocycles. The van der Waals surface area contributed by atoms with Crippen LogP contribution in [-0.4, -0.2) is 37.3 Å². The number of rotatable bonds is 7. The summed E-state index contributed by atoms with van der Waals surface area (Å²) in [7, 11) is -4.19. The molecule has 1 aliphatic heterocycles. The maximum absolute atomic E-state index is 13.9. The monoisotopic (exact) mass is 513 g/mol. The Bertz CT molecular complexity index is 1330. The van der Waals surface area contributed by atoms with Gasteiger partial charge in [0, 0.05) is 28.9 Å². The number of halogens is 5. The van der Waals surface area contributed by atoms with Crippen LogP contribution in [0.1, 0.15) is 36.0 Å². The van der Waals surface area contributed by atoms with Crippen LogP contribution in [0.4, 0.5) is 27.6 Å². The lowest BCUT2D eigenvalue weighted by Gasteiger charge is -2.25. The average Bonchev–Trinajstić information content (AvgIpc) is 3.21. The maximum atomic E-state index is 13.9. The third kappa shape index (κ3) is 5.51. The molecule has 5 nitrogen and oxygen atoms in total. The fourth-order valence-corrected chi connectivity index (χ4v) is 5.49. The highest BCUT2D eigenvalue weighted by Gasteiger charge is 2.32. The van der Waals surface area contributed by atoms with E-state index >= 15 is 0 Å². The van der Waals surface area contributed by atoms with Crippen LogP contribution in [-0.2, 0) is 16.2 Å². The highest BCUT2D eigenvalue weighted by atomic mass is 32.2. The van der Waals surface area contributed by atoms with E-state index in [9.17, 15) is 30.4 Å². The first-order valence-corrected chi connectivity index (χ1v) is 12.6. The second-order valence-electron chi connectivity index (χ2n) is 8.32. The Labute approximate surface area is 199 Å². The average molecular weight is 514 g/mol. The SMILES string of the molecule is O=S(=O)(CC=Cc1ccccc1C(F)(F)F)n1cc(C(F)F)c2c(NC3CCNCC3)cccc21. The van der Waals surface area contributed by atoms with E-state index in [-0.39, 0.29) is 22.5 Å². The molecule has 0 amide bonds. The van der Waals surface area contributed by atoms with Crippen molar-refractivity contribution in [3.63, 3.8) is 0 Å². The van der Waals surface area contributed by atoms with Gasteiger partial charge < -0.3 is 10.6 Å². The van der Waals surface area contributed by atoms with Gasteiger partial charge in [0.15, 0.2) is 0 Å². The summed E-state index contributed by atoms with van der Waals surface area (Å²) in [5.74, 6) is -0.669. The predicted molar refractivity (Wildman–Crippen MR) is 126 cm³/mol. The molecule has 2 N–H and O–H groups in total. The molecule has 0 radical (unpaired) electrons. The number of alkyl halides is 5. The number of benzene rings is 2. The van der Waals surface area contributed by atoms with Gasteiger partial charge in [0.25, 0.3) is 6.43 Å². The molecule has 0 spiro atoms. The molecular formula is C24H24F5N3O2S. The normalized spacial score (nSPS) is 15.9. The zero-order valence-corrected chi connectivity index (χ0v) is 19.3. The molecule has 0 unspecified atom stereocenters. The van der Waals surface area contributed by atoms with Crippen LogP contribution in [0.5, 0.6) is 0 Å². The van der Waals surface area contributed by atoms with Crippen LogP contribution in [0.2, 0.25) is 0 Å². The van der Waals surface area contributed by atoms with Gasteiger partial charge in [0.1, 0.15) is 0 Å². The summed E-state index contributed by atoms with van der Waals surface area (Å²) < 4.78 is 94.4. The van der Waals surface area contributed by atoms with E-state index in [0.29, 0.717) is 5.69 Å². The van der Waals surface area contributed by atoms with Crippen molar-refractivity contribution < 1.29 is 30.4 Å². The molecule has 0 saturated carbocycles. The molecule has 35 heavy (non-hydrogen) atoms. The third-order valence-corrected chi connectivity index (χ3v) is 7.44. The van der Waals surface area contributed by atoms with Crippen molar-refractivity contribution in [2.45, 2.75) is 31.5 Å². The molecule has 1 aliphatic rings. The molecule has 0 aliphatic carbocycles. The van der Waals surface area contributed by atoms with Crippen molar-refractivity contribution in [3.8, 4) is 0 Å². The van der Waals surface area contributed by atoms with Gasteiger partial charge in [-0.1, -0.05) is 36.4 Å². The fraction of sp³-hybridized carbons (Fsp3) is 0.333. The zero-order valence-electron chi connectivity index (χ0n) is 18.5. The van der Waals surface area contributed by atoms with Gasteiger partial charge in [0.05, 0.1) is 16.8 Å². The first kappa shape index (κ1) is 25.2. The lowest BCUT2D eigenvalue weighted by molar-refractivity contribution is -0.137. The Morgan fingerprint density at radius 3 is 2.49 bits per heavy atom. The minimum absolute atomic E-state index is 0.0592. The van der Waals surface area contributed by atoms with Crippen LogP contribution >= 0.6 is 0 Å². The molecule has 2 aromatic carbocycles. The van der Waals surface area contributed by atoms with Gasteiger partial charge >= 0.3 is 6.18 Å². The molecular weight excluding hydrogens is 489 g/mol. The molecule has 11 heteroatoms. The zero-order chi connectivity index (χ0) is 25.2. The van der Waals surface area contributed by atoms with Gasteiger partial charge in [-0.25, -0.2) is 21.2 Å². The summed E-state index contributed by atoms with van der Waals surface area (Å²) in [5, 5.41) is 6.61. The van der Waals surface area contributed by atoms with Crippen LogP contribution in [0.25, 0.3) is 17.0 Å². The van der Waals surface area contributed by atoms with Crippen molar-refractivity contribution in [1.29, 1.82) is 0 Å². The number of anilines is 1. The number of hydrogen-bond acceptors (Lipinski definition) is 4. The summed E-state index contributed by atoms with van der Waals surface area (Å²) >= 11 is 0. The molecule has 0 bridgehead atoms. The van der Waals surface area contributed by atoms with Crippen molar-refractivity contribution in [2.75, 3.05) is 24.2 Å². The first-order valence-electron chi connectivity index (χ1n) is 11.0. The maximum Gasteiger partial charge on any atom is 0.416 e. The lowest BCUT2D eigenvalue weighted by atomic mass is 10.0. The van der Waals surface area contributed by atoms with Crippen LogP contribution < -0.4 is 10.6 Å². The topological polar surface area (TPSA) is 63.1 Å². The van der Waals surface area contributed by atoms with E-state index in [0.717, 1.165) is 54.3 Å². The van der Waals surface area contributed by atoms with Gasteiger partial charge in [-0.15, -0.1) is 0 Å². The minimum Gasteiger partial charge on any atom is -0.382 e. The molecule has 188 valence electrons. The molecule has 3 aromatic rings. The quantitative estimate of drug-likeness (QED) is 0.401. The first-order chi connectivity index (χ1) is 16.6. The number of piperidine rings is 1. The molecule has 0 atom stereocenters. The Balaban J connectivity index is 1.67. The van der Waals surface area contributed by atoms with Gasteiger partial charge in [0.2, 0.25) is 10.0 Å². The van der Waals surface area contributed by atoms with Gasteiger partial charge in [-0.2, -0.15) is 13.2 Å². The summed E-state index contributed by atoms with van der Waals surface area (Å²) in [4.78, 5) is 0. The highest BCUT2D eigenvalue weighted by Crippen LogP contribution is 2.37. The van der Waals surface area contributed by atoms with E-state index in [2.05, 4.69) is 10.6 Å². The molecule has 1 saturated heterocycles. The molecule has 2 heterocycles. The predicted octanol–water partition coefficient (Wildman–Crippen LogP) is 5.65. The minimum atomic E-state index is -4.60. The summed E-state index contributed by atoms with van der Waals surface area (Å²) in [6.45, 7) is 1.57. The van der Waals surface area contributed by atoms with Crippen LogP contribution in [0.15, 0.2) is 54.7 Å². The standard InChI is InChI=1S/C24H24F5N3O2S/c25-23(26)18-15-32(21-9-3-8-20(22(18)21)31-17-10-12-30-13-11-17)35(33,34)14-4-6-16-5-1-2-7-19(16)24(27,28)29/h1-9,15,17,23,30-31H,10-14H2. The van der Waals surface area contributed by atoms with Crippen molar-refractivity contribution >= 4 is 32.7 Å². The Morgan fingerprint density at radius 1 is 1.09 bits per heavy atom. The van der Waals surface area contributed by atoms with Crippen LogP contribution in [0.3, 0.4) is 0 Å². The number of nitrogens with zero attached hydrogens (tertiary/aromatic N) is 1. The van der Waals surface area contributed by atoms with Crippen molar-refractivity contribution in [3.05, 3.63) is 71.4 Å². The molecule has 4 rings (SSSR count). The van der Waals surface area contributed by atoms with Crippen molar-refractivity contribution in [2.24, 2.45) is 0 Å². The Hall–Kier alpha value is -2.92. The Morgan fingerprint density at radius 2 is 1.80 bits per heavy atom. The smallest absolute Gasteiger partial charge is 0.382 e.